The van der Waals surface area contributed by atoms with Crippen molar-refractivity contribution in [1.82, 2.24) is 10.3 Å². The maximum absolute atomic E-state index is 13.2. The van der Waals surface area contributed by atoms with Crippen molar-refractivity contribution in [3.63, 3.8) is 0 Å². The molecule has 0 aliphatic rings. The summed E-state index contributed by atoms with van der Waals surface area (Å²) in [5.41, 5.74) is 2.10. The van der Waals surface area contributed by atoms with E-state index in [1.165, 1.54) is 12.1 Å². The van der Waals surface area contributed by atoms with Crippen molar-refractivity contribution in [3.05, 3.63) is 53.5 Å². The first-order valence-electron chi connectivity index (χ1n) is 7.35. The molecule has 2 aromatic rings. The Labute approximate surface area is 125 Å². The Morgan fingerprint density at radius 3 is 2.76 bits per heavy atom. The van der Waals surface area contributed by atoms with Gasteiger partial charge in [0.05, 0.1) is 0 Å². The molecule has 0 atom stereocenters. The van der Waals surface area contributed by atoms with Crippen molar-refractivity contribution in [2.45, 2.75) is 33.2 Å². The van der Waals surface area contributed by atoms with Crippen LogP contribution in [0.5, 0.6) is 11.6 Å². The lowest BCUT2D eigenvalue weighted by Crippen LogP contribution is -2.14. The van der Waals surface area contributed by atoms with Crippen LogP contribution in [0.4, 0.5) is 4.39 Å². The Hall–Kier alpha value is -1.94. The molecule has 21 heavy (non-hydrogen) atoms. The summed E-state index contributed by atoms with van der Waals surface area (Å²) in [4.78, 5) is 4.43. The van der Waals surface area contributed by atoms with Gasteiger partial charge in [-0.05, 0) is 43.1 Å². The molecule has 0 bridgehead atoms. The number of nitrogens with one attached hydrogen (secondary N) is 1. The predicted molar refractivity (Wildman–Crippen MR) is 82.1 cm³/mol. The molecular weight excluding hydrogens is 267 g/mol. The fraction of sp³-hybridized carbons (Fsp3) is 0.353. The second kappa shape index (κ2) is 7.74. The van der Waals surface area contributed by atoms with Gasteiger partial charge in [0.2, 0.25) is 5.88 Å². The third kappa shape index (κ3) is 4.83. The number of hydrogen-bond donors (Lipinski definition) is 1. The predicted octanol–water partition coefficient (Wildman–Crippen LogP) is 4.08. The topological polar surface area (TPSA) is 34.2 Å². The normalized spacial score (nSPS) is 10.6. The maximum atomic E-state index is 13.2. The van der Waals surface area contributed by atoms with E-state index in [0.717, 1.165) is 37.2 Å². The summed E-state index contributed by atoms with van der Waals surface area (Å²) in [5, 5.41) is 3.36. The fourth-order valence-corrected chi connectivity index (χ4v) is 2.02. The Morgan fingerprint density at radius 1 is 1.19 bits per heavy atom. The molecule has 0 saturated carbocycles. The average Bonchev–Trinajstić information content (AvgIpc) is 2.47. The van der Waals surface area contributed by atoms with Crippen molar-refractivity contribution >= 4 is 0 Å². The van der Waals surface area contributed by atoms with E-state index >= 15 is 0 Å². The standard InChI is InChI=1S/C17H21FN2O/c1-3-8-19-12-13-9-15(4-2)20-17(10-13)21-16-7-5-6-14(18)11-16/h5-7,9-11,19H,3-4,8,12H2,1-2H3. The molecule has 0 aliphatic heterocycles. The molecule has 0 spiro atoms. The van der Waals surface area contributed by atoms with Crippen LogP contribution in [0.3, 0.4) is 0 Å². The van der Waals surface area contributed by atoms with Crippen LogP contribution < -0.4 is 10.1 Å². The van der Waals surface area contributed by atoms with Gasteiger partial charge in [0, 0.05) is 24.4 Å². The van der Waals surface area contributed by atoms with Gasteiger partial charge in [-0.2, -0.15) is 0 Å². The minimum Gasteiger partial charge on any atom is -0.439 e. The lowest BCUT2D eigenvalue weighted by molar-refractivity contribution is 0.455. The monoisotopic (exact) mass is 288 g/mol. The summed E-state index contributed by atoms with van der Waals surface area (Å²) in [5.74, 6) is 0.653. The molecule has 0 unspecified atom stereocenters. The van der Waals surface area contributed by atoms with E-state index in [1.807, 2.05) is 6.07 Å². The lowest BCUT2D eigenvalue weighted by atomic mass is 10.2. The van der Waals surface area contributed by atoms with Crippen LogP contribution in [0.1, 0.15) is 31.5 Å². The highest BCUT2D eigenvalue weighted by Crippen LogP contribution is 2.22. The van der Waals surface area contributed by atoms with Crippen LogP contribution in [-0.4, -0.2) is 11.5 Å². The molecule has 1 aromatic heterocycles. The number of aromatic nitrogens is 1. The van der Waals surface area contributed by atoms with Crippen LogP contribution in [-0.2, 0) is 13.0 Å². The molecule has 1 aromatic carbocycles. The van der Waals surface area contributed by atoms with Crippen LogP contribution >= 0.6 is 0 Å². The van der Waals surface area contributed by atoms with Gasteiger partial charge < -0.3 is 10.1 Å². The summed E-state index contributed by atoms with van der Waals surface area (Å²) in [6, 6.07) is 10.1. The smallest absolute Gasteiger partial charge is 0.219 e. The van der Waals surface area contributed by atoms with Crippen molar-refractivity contribution in [2.75, 3.05) is 6.54 Å². The molecule has 2 rings (SSSR count). The van der Waals surface area contributed by atoms with Crippen LogP contribution in [0, 0.1) is 5.82 Å². The maximum Gasteiger partial charge on any atom is 0.219 e. The molecule has 0 radical (unpaired) electrons. The number of pyridine rings is 1. The number of ether oxygens (including phenoxy) is 1. The van der Waals surface area contributed by atoms with E-state index < -0.39 is 0 Å². The molecule has 0 aliphatic carbocycles. The third-order valence-electron chi connectivity index (χ3n) is 3.05. The minimum atomic E-state index is -0.316. The SMILES string of the molecule is CCCNCc1cc(CC)nc(Oc2cccc(F)c2)c1. The second-order valence-corrected chi connectivity index (χ2v) is 4.89. The zero-order valence-electron chi connectivity index (χ0n) is 12.5. The Balaban J connectivity index is 2.15. The Bertz CT molecular complexity index is 587. The quantitative estimate of drug-likeness (QED) is 0.780. The minimum absolute atomic E-state index is 0.316. The summed E-state index contributed by atoms with van der Waals surface area (Å²) in [6.45, 7) is 5.94. The Kier molecular flexibility index (Phi) is 5.69. The van der Waals surface area contributed by atoms with E-state index in [-0.39, 0.29) is 5.82 Å². The van der Waals surface area contributed by atoms with E-state index in [4.69, 9.17) is 4.74 Å². The van der Waals surface area contributed by atoms with Crippen molar-refractivity contribution in [3.8, 4) is 11.6 Å². The molecule has 1 heterocycles. The molecule has 0 saturated heterocycles. The van der Waals surface area contributed by atoms with Gasteiger partial charge in [0.1, 0.15) is 11.6 Å². The first-order chi connectivity index (χ1) is 10.2. The molecule has 1 N–H and O–H groups in total. The molecule has 3 nitrogen and oxygen atoms in total. The molecule has 4 heteroatoms. The van der Waals surface area contributed by atoms with Gasteiger partial charge in [-0.15, -0.1) is 0 Å². The van der Waals surface area contributed by atoms with Gasteiger partial charge in [-0.1, -0.05) is 19.9 Å². The third-order valence-corrected chi connectivity index (χ3v) is 3.05. The summed E-state index contributed by atoms with van der Waals surface area (Å²) < 4.78 is 18.9. The zero-order chi connectivity index (χ0) is 15.1. The molecule has 112 valence electrons. The molecule has 0 fully saturated rings. The van der Waals surface area contributed by atoms with Crippen molar-refractivity contribution in [2.24, 2.45) is 0 Å². The van der Waals surface area contributed by atoms with E-state index in [0.29, 0.717) is 11.6 Å². The highest BCUT2D eigenvalue weighted by molar-refractivity contribution is 5.31. The highest BCUT2D eigenvalue weighted by atomic mass is 19.1. The summed E-state index contributed by atoms with van der Waals surface area (Å²) >= 11 is 0. The van der Waals surface area contributed by atoms with E-state index in [9.17, 15) is 4.39 Å². The van der Waals surface area contributed by atoms with Gasteiger partial charge in [0.25, 0.3) is 0 Å². The van der Waals surface area contributed by atoms with Gasteiger partial charge in [-0.3, -0.25) is 0 Å². The summed E-state index contributed by atoms with van der Waals surface area (Å²) in [6.07, 6.45) is 1.93. The molecular formula is C17H21FN2O. The zero-order valence-corrected chi connectivity index (χ0v) is 12.5. The number of aryl methyl sites for hydroxylation is 1. The largest absolute Gasteiger partial charge is 0.439 e. The van der Waals surface area contributed by atoms with Crippen LogP contribution in [0.2, 0.25) is 0 Å². The van der Waals surface area contributed by atoms with Crippen LogP contribution in [0.15, 0.2) is 36.4 Å². The number of hydrogen-bond acceptors (Lipinski definition) is 3. The van der Waals surface area contributed by atoms with Gasteiger partial charge in [0.15, 0.2) is 0 Å². The Morgan fingerprint density at radius 2 is 2.05 bits per heavy atom. The number of halogens is 1. The van der Waals surface area contributed by atoms with Crippen LogP contribution in [0.25, 0.3) is 0 Å². The fourth-order valence-electron chi connectivity index (χ4n) is 2.02. The first kappa shape index (κ1) is 15.4. The average molecular weight is 288 g/mol. The highest BCUT2D eigenvalue weighted by Gasteiger charge is 2.05. The van der Waals surface area contributed by atoms with E-state index in [2.05, 4.69) is 30.2 Å². The number of benzene rings is 1. The molecule has 0 amide bonds. The lowest BCUT2D eigenvalue weighted by Gasteiger charge is -2.10. The first-order valence-corrected chi connectivity index (χ1v) is 7.35. The van der Waals surface area contributed by atoms with Gasteiger partial charge in [-0.25, -0.2) is 9.37 Å². The van der Waals surface area contributed by atoms with Gasteiger partial charge >= 0.3 is 0 Å². The van der Waals surface area contributed by atoms with E-state index in [1.54, 1.807) is 12.1 Å². The number of rotatable bonds is 7. The van der Waals surface area contributed by atoms with Crippen molar-refractivity contribution in [1.29, 1.82) is 0 Å². The summed E-state index contributed by atoms with van der Waals surface area (Å²) in [7, 11) is 0. The van der Waals surface area contributed by atoms with Crippen molar-refractivity contribution < 1.29 is 9.13 Å². The number of nitrogens with zero attached hydrogens (tertiary/aromatic N) is 1. The second-order valence-electron chi connectivity index (χ2n) is 4.89.